The zero-order valence-electron chi connectivity index (χ0n) is 17.6. The number of carbonyl (C=O) groups excluding carboxylic acids is 2. The van der Waals surface area contributed by atoms with E-state index in [2.05, 4.69) is 28.6 Å². The fourth-order valence-corrected chi connectivity index (χ4v) is 4.43. The minimum atomic E-state index is -0.163. The minimum absolute atomic E-state index is 0.122. The predicted molar refractivity (Wildman–Crippen MR) is 120 cm³/mol. The van der Waals surface area contributed by atoms with E-state index >= 15 is 0 Å². The Hall–Kier alpha value is -2.86. The molecule has 0 unspecified atom stereocenters. The van der Waals surface area contributed by atoms with Crippen molar-refractivity contribution in [2.24, 2.45) is 0 Å². The number of hydrogen-bond donors (Lipinski definition) is 2. The summed E-state index contributed by atoms with van der Waals surface area (Å²) in [6, 6.07) is 15.7. The maximum atomic E-state index is 13.0. The molecule has 30 heavy (non-hydrogen) atoms. The molecule has 2 aromatic rings. The summed E-state index contributed by atoms with van der Waals surface area (Å²) in [5.74, 6) is -0.163. The molecule has 1 saturated heterocycles. The summed E-state index contributed by atoms with van der Waals surface area (Å²) in [7, 11) is 2.18. The third-order valence-corrected chi connectivity index (χ3v) is 6.16. The van der Waals surface area contributed by atoms with Crippen molar-refractivity contribution in [3.8, 4) is 0 Å². The van der Waals surface area contributed by atoms with Crippen molar-refractivity contribution in [1.29, 1.82) is 0 Å². The van der Waals surface area contributed by atoms with E-state index in [1.165, 1.54) is 32.1 Å². The number of carbonyl (C=O) groups is 2. The number of benzene rings is 2. The molecule has 0 bridgehead atoms. The number of nitrogens with zero attached hydrogens (tertiary/aromatic N) is 2. The number of hydrogen-bond acceptors (Lipinski definition) is 3. The molecule has 1 saturated carbocycles. The quantitative estimate of drug-likeness (QED) is 0.754. The Bertz CT molecular complexity index is 908. The van der Waals surface area contributed by atoms with Crippen LogP contribution < -0.4 is 15.5 Å². The second kappa shape index (κ2) is 9.30. The van der Waals surface area contributed by atoms with Gasteiger partial charge in [0.25, 0.3) is 5.91 Å². The molecule has 0 aromatic heterocycles. The summed E-state index contributed by atoms with van der Waals surface area (Å²) in [6.45, 7) is 2.05. The van der Waals surface area contributed by atoms with Crippen LogP contribution in [0.3, 0.4) is 0 Å². The zero-order valence-corrected chi connectivity index (χ0v) is 17.6. The second-order valence-electron chi connectivity index (χ2n) is 8.25. The largest absolute Gasteiger partial charge is 0.336 e. The van der Waals surface area contributed by atoms with E-state index in [9.17, 15) is 9.59 Å². The molecule has 3 amide bonds. The van der Waals surface area contributed by atoms with Gasteiger partial charge in [-0.1, -0.05) is 43.5 Å². The standard InChI is InChI=1S/C24H30N4O2/c1-27(20-10-3-2-4-11-20)17-19-8-5-6-13-22(19)26-23(29)18-9-7-12-21(16-18)28-15-14-25-24(28)30/h5-9,12-13,16,20H,2-4,10-11,14-15,17H2,1H3,(H,25,30)(H,26,29). The third kappa shape index (κ3) is 4.65. The van der Waals surface area contributed by atoms with Crippen LogP contribution in [-0.4, -0.2) is 43.0 Å². The SMILES string of the molecule is CN(Cc1ccccc1NC(=O)c1cccc(N2CCNC2=O)c1)C1CCCCC1. The van der Waals surface area contributed by atoms with E-state index in [-0.39, 0.29) is 11.9 Å². The van der Waals surface area contributed by atoms with Crippen molar-refractivity contribution in [3.05, 3.63) is 59.7 Å². The fraction of sp³-hybridized carbons (Fsp3) is 0.417. The van der Waals surface area contributed by atoms with Gasteiger partial charge in [0.15, 0.2) is 0 Å². The molecule has 1 aliphatic heterocycles. The molecule has 6 heteroatoms. The second-order valence-corrected chi connectivity index (χ2v) is 8.25. The number of anilines is 2. The van der Waals surface area contributed by atoms with E-state index in [0.29, 0.717) is 24.7 Å². The van der Waals surface area contributed by atoms with Crippen LogP contribution >= 0.6 is 0 Å². The lowest BCUT2D eigenvalue weighted by atomic mass is 9.94. The number of para-hydroxylation sites is 1. The maximum absolute atomic E-state index is 13.0. The topological polar surface area (TPSA) is 64.7 Å². The van der Waals surface area contributed by atoms with Crippen molar-refractivity contribution in [2.75, 3.05) is 30.4 Å². The van der Waals surface area contributed by atoms with Gasteiger partial charge < -0.3 is 10.6 Å². The lowest BCUT2D eigenvalue weighted by Crippen LogP contribution is -2.33. The highest BCUT2D eigenvalue weighted by molar-refractivity contribution is 6.06. The number of nitrogens with one attached hydrogen (secondary N) is 2. The Kier molecular flexibility index (Phi) is 6.33. The molecule has 2 aliphatic rings. The Morgan fingerprint density at radius 1 is 1.13 bits per heavy atom. The van der Waals surface area contributed by atoms with Gasteiger partial charge in [0.05, 0.1) is 0 Å². The average molecular weight is 407 g/mol. The number of rotatable bonds is 6. The van der Waals surface area contributed by atoms with Crippen LogP contribution in [0.2, 0.25) is 0 Å². The molecule has 1 aliphatic carbocycles. The molecule has 2 aromatic carbocycles. The molecule has 6 nitrogen and oxygen atoms in total. The normalized spacial score (nSPS) is 17.3. The Balaban J connectivity index is 1.46. The van der Waals surface area contributed by atoms with E-state index in [4.69, 9.17) is 0 Å². The van der Waals surface area contributed by atoms with Crippen LogP contribution in [0.5, 0.6) is 0 Å². The number of amides is 3. The van der Waals surface area contributed by atoms with E-state index < -0.39 is 0 Å². The van der Waals surface area contributed by atoms with E-state index in [0.717, 1.165) is 23.5 Å². The Morgan fingerprint density at radius 3 is 2.70 bits per heavy atom. The molecule has 4 rings (SSSR count). The van der Waals surface area contributed by atoms with Crippen LogP contribution in [0.15, 0.2) is 48.5 Å². The first kappa shape index (κ1) is 20.4. The first-order chi connectivity index (χ1) is 14.6. The van der Waals surface area contributed by atoms with Crippen LogP contribution in [-0.2, 0) is 6.54 Å². The van der Waals surface area contributed by atoms with Gasteiger partial charge >= 0.3 is 6.03 Å². The van der Waals surface area contributed by atoms with Crippen LogP contribution in [0.1, 0.15) is 48.0 Å². The van der Waals surface area contributed by atoms with Gasteiger partial charge in [-0.15, -0.1) is 0 Å². The summed E-state index contributed by atoms with van der Waals surface area (Å²) >= 11 is 0. The van der Waals surface area contributed by atoms with E-state index in [1.807, 2.05) is 30.3 Å². The molecule has 158 valence electrons. The van der Waals surface area contributed by atoms with Gasteiger partial charge in [-0.05, 0) is 49.7 Å². The predicted octanol–water partition coefficient (Wildman–Crippen LogP) is 4.23. The summed E-state index contributed by atoms with van der Waals surface area (Å²) in [5.41, 5.74) is 3.24. The van der Waals surface area contributed by atoms with Gasteiger partial charge in [0.1, 0.15) is 0 Å². The summed E-state index contributed by atoms with van der Waals surface area (Å²) < 4.78 is 0. The minimum Gasteiger partial charge on any atom is -0.336 e. The van der Waals surface area contributed by atoms with Crippen molar-refractivity contribution in [1.82, 2.24) is 10.2 Å². The van der Waals surface area contributed by atoms with Crippen molar-refractivity contribution in [2.45, 2.75) is 44.7 Å². The average Bonchev–Trinajstić information content (AvgIpc) is 3.21. The van der Waals surface area contributed by atoms with Crippen molar-refractivity contribution >= 4 is 23.3 Å². The van der Waals surface area contributed by atoms with Crippen molar-refractivity contribution in [3.63, 3.8) is 0 Å². The fourth-order valence-electron chi connectivity index (χ4n) is 4.43. The monoisotopic (exact) mass is 406 g/mol. The first-order valence-corrected chi connectivity index (χ1v) is 10.9. The van der Waals surface area contributed by atoms with Crippen LogP contribution in [0.4, 0.5) is 16.2 Å². The molecular formula is C24H30N4O2. The lowest BCUT2D eigenvalue weighted by molar-refractivity contribution is 0.102. The van der Waals surface area contributed by atoms with Gasteiger partial charge in [-0.2, -0.15) is 0 Å². The highest BCUT2D eigenvalue weighted by atomic mass is 16.2. The summed E-state index contributed by atoms with van der Waals surface area (Å²) in [6.07, 6.45) is 6.45. The third-order valence-electron chi connectivity index (χ3n) is 6.16. The summed E-state index contributed by atoms with van der Waals surface area (Å²) in [4.78, 5) is 29.0. The van der Waals surface area contributed by atoms with Crippen LogP contribution in [0.25, 0.3) is 0 Å². The molecular weight excluding hydrogens is 376 g/mol. The Morgan fingerprint density at radius 2 is 1.93 bits per heavy atom. The molecule has 2 N–H and O–H groups in total. The van der Waals surface area contributed by atoms with Gasteiger partial charge in [0.2, 0.25) is 0 Å². The lowest BCUT2D eigenvalue weighted by Gasteiger charge is -2.31. The molecule has 0 atom stereocenters. The van der Waals surface area contributed by atoms with Gasteiger partial charge in [0, 0.05) is 42.6 Å². The number of urea groups is 1. The van der Waals surface area contributed by atoms with Crippen molar-refractivity contribution < 1.29 is 9.59 Å². The first-order valence-electron chi connectivity index (χ1n) is 10.9. The zero-order chi connectivity index (χ0) is 20.9. The molecule has 2 fully saturated rings. The van der Waals surface area contributed by atoms with E-state index in [1.54, 1.807) is 17.0 Å². The molecule has 0 spiro atoms. The highest BCUT2D eigenvalue weighted by Crippen LogP contribution is 2.25. The Labute approximate surface area is 178 Å². The highest BCUT2D eigenvalue weighted by Gasteiger charge is 2.22. The molecule has 0 radical (unpaired) electrons. The summed E-state index contributed by atoms with van der Waals surface area (Å²) in [5, 5.41) is 5.87. The van der Waals surface area contributed by atoms with Gasteiger partial charge in [-0.3, -0.25) is 14.6 Å². The smallest absolute Gasteiger partial charge is 0.321 e. The van der Waals surface area contributed by atoms with Gasteiger partial charge in [-0.25, -0.2) is 4.79 Å². The van der Waals surface area contributed by atoms with Crippen LogP contribution in [0, 0.1) is 0 Å². The maximum Gasteiger partial charge on any atom is 0.321 e. The molecule has 1 heterocycles.